The van der Waals surface area contributed by atoms with Crippen LogP contribution in [0.25, 0.3) is 0 Å². The number of hydrogen-bond donors (Lipinski definition) is 7. The second kappa shape index (κ2) is 18.7. The number of rotatable bonds is 9. The monoisotopic (exact) mass is 863 g/mol. The predicted molar refractivity (Wildman–Crippen MR) is 230 cm³/mol. The molecule has 2 unspecified atom stereocenters. The van der Waals surface area contributed by atoms with Gasteiger partial charge in [-0.05, 0) is 115 Å². The molecular weight excluding hydrogens is 784 g/mol. The lowest BCUT2D eigenvalue weighted by Crippen LogP contribution is -2.66. The summed E-state index contributed by atoms with van der Waals surface area (Å²) in [6.07, 6.45) is 3.81. The molecule has 61 heavy (non-hydrogen) atoms. The summed E-state index contributed by atoms with van der Waals surface area (Å²) in [6.45, 7) is 19.0. The summed E-state index contributed by atoms with van der Waals surface area (Å²) in [4.78, 5) is 41.5. The van der Waals surface area contributed by atoms with E-state index >= 15 is 4.39 Å². The maximum atomic E-state index is 17.5. The van der Waals surface area contributed by atoms with Crippen molar-refractivity contribution in [2.24, 2.45) is 52.3 Å². The third-order valence-corrected chi connectivity index (χ3v) is 16.7. The predicted octanol–water partition coefficient (Wildman–Crippen LogP) is 4.81. The van der Waals surface area contributed by atoms with E-state index in [-0.39, 0.29) is 61.0 Å². The van der Waals surface area contributed by atoms with Crippen LogP contribution in [-0.2, 0) is 19.1 Å². The number of allylic oxidation sites excluding steroid dienone is 4. The van der Waals surface area contributed by atoms with E-state index in [1.165, 1.54) is 26.8 Å². The van der Waals surface area contributed by atoms with E-state index < -0.39 is 88.0 Å². The van der Waals surface area contributed by atoms with Crippen LogP contribution in [0.4, 0.5) is 4.39 Å². The molecule has 2 saturated carbocycles. The Balaban J connectivity index is 1.19. The van der Waals surface area contributed by atoms with E-state index in [1.807, 2.05) is 26.8 Å². The van der Waals surface area contributed by atoms with Gasteiger partial charge >= 0.3 is 5.97 Å². The van der Waals surface area contributed by atoms with Crippen LogP contribution in [0.3, 0.4) is 0 Å². The summed E-state index contributed by atoms with van der Waals surface area (Å²) in [5.74, 6) is -3.89. The Bertz CT molecular complexity index is 1650. The number of alkyl halides is 1. The SMILES string of the molecule is CC[C@H]1OC(=O)[C@H](C)[C@@H](O)[C@H](C)[C@@H](O)[C@](C)(O)C[C@@H](C)CN(CCCCCCNC(=O)[C@H]2[C@H](C)CC3C4CC=C5CC(=O)C=C[C@]5(C)[C@@]4(F)[C@@H](O)C[C@@]32C)[C@H](C)[C@@H](O)[C@]1(C)O. The lowest BCUT2D eigenvalue weighted by molar-refractivity contribution is -0.193. The first-order valence-corrected chi connectivity index (χ1v) is 23.3. The van der Waals surface area contributed by atoms with Crippen molar-refractivity contribution < 1.29 is 54.2 Å². The topological polar surface area (TPSA) is 197 Å². The van der Waals surface area contributed by atoms with Crippen molar-refractivity contribution in [3.8, 4) is 0 Å². The number of carbonyl (C=O) groups is 3. The third-order valence-electron chi connectivity index (χ3n) is 16.7. The van der Waals surface area contributed by atoms with Gasteiger partial charge in [-0.15, -0.1) is 0 Å². The van der Waals surface area contributed by atoms with Gasteiger partial charge in [0.05, 0.1) is 29.8 Å². The summed E-state index contributed by atoms with van der Waals surface area (Å²) in [5.41, 5.74) is -6.23. The van der Waals surface area contributed by atoms with E-state index in [0.29, 0.717) is 32.5 Å². The van der Waals surface area contributed by atoms with Crippen molar-refractivity contribution in [3.05, 3.63) is 23.8 Å². The van der Waals surface area contributed by atoms with Crippen molar-refractivity contribution >= 4 is 17.7 Å². The van der Waals surface area contributed by atoms with Gasteiger partial charge < -0.3 is 40.7 Å². The van der Waals surface area contributed by atoms with E-state index in [4.69, 9.17) is 4.74 Å². The van der Waals surface area contributed by atoms with Crippen LogP contribution in [-0.4, -0.2) is 126 Å². The van der Waals surface area contributed by atoms with Gasteiger partial charge in [-0.25, -0.2) is 4.39 Å². The summed E-state index contributed by atoms with van der Waals surface area (Å²) in [5, 5.41) is 71.9. The fourth-order valence-corrected chi connectivity index (χ4v) is 13.0. The minimum atomic E-state index is -1.92. The first-order chi connectivity index (χ1) is 28.3. The van der Waals surface area contributed by atoms with Gasteiger partial charge in [-0.3, -0.25) is 19.3 Å². The number of esters is 1. The van der Waals surface area contributed by atoms with Gasteiger partial charge in [0.25, 0.3) is 0 Å². The number of hydrogen-bond acceptors (Lipinski definition) is 11. The second-order valence-electron chi connectivity index (χ2n) is 21.2. The summed E-state index contributed by atoms with van der Waals surface area (Å²) >= 11 is 0. The van der Waals surface area contributed by atoms with E-state index in [2.05, 4.69) is 24.1 Å². The summed E-state index contributed by atoms with van der Waals surface area (Å²) in [6, 6.07) is -0.580. The van der Waals surface area contributed by atoms with E-state index in [1.54, 1.807) is 19.9 Å². The second-order valence-corrected chi connectivity index (χ2v) is 21.2. The molecule has 0 spiro atoms. The number of aliphatic hydroxyl groups excluding tert-OH is 4. The van der Waals surface area contributed by atoms with Crippen LogP contribution < -0.4 is 5.32 Å². The minimum Gasteiger partial charge on any atom is -0.459 e. The molecule has 4 aliphatic carbocycles. The van der Waals surface area contributed by atoms with Crippen LogP contribution in [0.15, 0.2) is 23.8 Å². The lowest BCUT2D eigenvalue weighted by atomic mass is 9.46. The van der Waals surface area contributed by atoms with Crippen molar-refractivity contribution in [3.63, 3.8) is 0 Å². The molecular formula is C48H79FN2O10. The van der Waals surface area contributed by atoms with Crippen LogP contribution in [0.5, 0.6) is 0 Å². The molecule has 0 aromatic heterocycles. The van der Waals surface area contributed by atoms with Crippen LogP contribution >= 0.6 is 0 Å². The molecule has 1 amide bonds. The molecule has 12 nitrogen and oxygen atoms in total. The maximum Gasteiger partial charge on any atom is 0.311 e. The Labute approximate surface area is 363 Å². The number of ether oxygens (including phenoxy) is 1. The molecule has 5 aliphatic rings. The van der Waals surface area contributed by atoms with Crippen molar-refractivity contribution in [2.45, 2.75) is 187 Å². The normalized spacial score (nSPS) is 47.6. The lowest BCUT2D eigenvalue weighted by Gasteiger charge is -2.61. The number of amides is 1. The average Bonchev–Trinajstić information content (AvgIpc) is 3.45. The van der Waals surface area contributed by atoms with E-state index in [0.717, 1.165) is 31.3 Å². The van der Waals surface area contributed by atoms with Crippen molar-refractivity contribution in [2.75, 3.05) is 19.6 Å². The van der Waals surface area contributed by atoms with Gasteiger partial charge in [-0.2, -0.15) is 0 Å². The number of nitrogens with one attached hydrogen (secondary N) is 1. The highest BCUT2D eigenvalue weighted by Gasteiger charge is 2.71. The number of fused-ring (bicyclic) bond motifs is 5. The minimum absolute atomic E-state index is 0.00940. The smallest absolute Gasteiger partial charge is 0.311 e. The Morgan fingerprint density at radius 1 is 0.934 bits per heavy atom. The van der Waals surface area contributed by atoms with Gasteiger partial charge in [0.2, 0.25) is 5.91 Å². The zero-order valence-corrected chi connectivity index (χ0v) is 38.6. The average molecular weight is 863 g/mol. The molecule has 7 N–H and O–H groups in total. The Hall–Kier alpha value is -2.26. The molecule has 18 atom stereocenters. The standard InChI is InChI=1S/C48H79FN2O10/c1-11-37-47(10,60)41(56)31(6)51(26-27(2)24-46(9,59)40(55)29(4)39(54)30(5)43(58)61-37)21-15-13-12-14-20-50-42(57)38-28(3)22-35-34-17-16-32-23-33(52)18-19-45(32,8)48(34,49)36(53)25-44(35,38)7/h16,18-19,27-31,34-41,53-56,59-60H,11-15,17,20-26H2,1-10H3,(H,50,57)/t27-,28-,29+,30-,31-,34?,35?,36+,37-,38-,39+,40-,41-,44+,45+,46-,47-,48+/m1/s1. The third kappa shape index (κ3) is 9.19. The Kier molecular flexibility index (Phi) is 15.2. The Morgan fingerprint density at radius 3 is 2.25 bits per heavy atom. The molecule has 0 aromatic rings. The molecule has 13 heteroatoms. The molecule has 0 bridgehead atoms. The fourth-order valence-electron chi connectivity index (χ4n) is 13.0. The quantitative estimate of drug-likeness (QED) is 0.0956. The number of ketones is 1. The molecule has 0 aromatic carbocycles. The zero-order chi connectivity index (χ0) is 45.6. The molecule has 0 radical (unpaired) electrons. The van der Waals surface area contributed by atoms with Crippen molar-refractivity contribution in [1.82, 2.24) is 10.2 Å². The van der Waals surface area contributed by atoms with Gasteiger partial charge in [-0.1, -0.05) is 65.2 Å². The first-order valence-electron chi connectivity index (χ1n) is 23.3. The van der Waals surface area contributed by atoms with E-state index in [9.17, 15) is 45.0 Å². The zero-order valence-electron chi connectivity index (χ0n) is 38.6. The summed E-state index contributed by atoms with van der Waals surface area (Å²) in [7, 11) is 0. The Morgan fingerprint density at radius 2 is 1.59 bits per heavy atom. The largest absolute Gasteiger partial charge is 0.459 e. The molecule has 348 valence electrons. The van der Waals surface area contributed by atoms with Crippen molar-refractivity contribution in [1.29, 1.82) is 0 Å². The van der Waals surface area contributed by atoms with Gasteiger partial charge in [0.1, 0.15) is 17.8 Å². The van der Waals surface area contributed by atoms with Gasteiger partial charge in [0, 0.05) is 48.7 Å². The van der Waals surface area contributed by atoms with Crippen LogP contribution in [0.1, 0.15) is 133 Å². The maximum absolute atomic E-state index is 17.5. The molecule has 1 aliphatic heterocycles. The number of aliphatic hydroxyl groups is 6. The molecule has 1 saturated heterocycles. The fraction of sp³-hybridized carbons (Fsp3) is 0.854. The van der Waals surface area contributed by atoms with Crippen LogP contribution in [0.2, 0.25) is 0 Å². The van der Waals surface area contributed by atoms with Crippen LogP contribution in [0, 0.1) is 52.3 Å². The number of halogens is 1. The molecule has 3 fully saturated rings. The number of cyclic esters (lactones) is 1. The highest BCUT2D eigenvalue weighted by molar-refractivity contribution is 5.93. The highest BCUT2D eigenvalue weighted by atomic mass is 19.1. The highest BCUT2D eigenvalue weighted by Crippen LogP contribution is 2.69. The molecule has 5 rings (SSSR count). The number of nitrogens with zero attached hydrogens (tertiary/aromatic N) is 1. The summed E-state index contributed by atoms with van der Waals surface area (Å²) < 4.78 is 23.2. The number of unbranched alkanes of at least 4 members (excludes halogenated alkanes) is 3. The molecule has 1 heterocycles. The van der Waals surface area contributed by atoms with Gasteiger partial charge in [0.15, 0.2) is 11.5 Å². The first kappa shape index (κ1) is 49.8. The number of carbonyl (C=O) groups excluding carboxylic acids is 3.